The van der Waals surface area contributed by atoms with E-state index in [9.17, 15) is 0 Å². The second-order valence-electron chi connectivity index (χ2n) is 10.4. The van der Waals surface area contributed by atoms with E-state index in [1.165, 1.54) is 33.1 Å². The molecule has 0 saturated heterocycles. The van der Waals surface area contributed by atoms with Gasteiger partial charge in [-0.2, -0.15) is 4.58 Å². The van der Waals surface area contributed by atoms with E-state index >= 15 is 0 Å². The number of amidine groups is 1. The average Bonchev–Trinajstić information content (AvgIpc) is 3.46. The van der Waals surface area contributed by atoms with Crippen molar-refractivity contribution < 1.29 is 8.99 Å². The molecular formula is C36H28N3O+. The van der Waals surface area contributed by atoms with Crippen molar-refractivity contribution in [2.75, 3.05) is 0 Å². The lowest BCUT2D eigenvalue weighted by molar-refractivity contribution is -0.364. The van der Waals surface area contributed by atoms with E-state index in [-0.39, 0.29) is 6.17 Å². The molecule has 7 aromatic rings. The molecule has 8 rings (SSSR count). The number of benzene rings is 5. The van der Waals surface area contributed by atoms with E-state index < -0.39 is 0 Å². The van der Waals surface area contributed by atoms with Crippen LogP contribution in [0.2, 0.25) is 0 Å². The number of hydrogen-bond donors (Lipinski definition) is 0. The molecule has 1 aliphatic rings. The van der Waals surface area contributed by atoms with Gasteiger partial charge in [-0.25, -0.2) is 0 Å². The van der Waals surface area contributed by atoms with Crippen LogP contribution in [-0.4, -0.2) is 20.7 Å². The van der Waals surface area contributed by atoms with Crippen LogP contribution < -0.4 is 0 Å². The number of nitrogens with zero attached hydrogens (tertiary/aromatic N) is 3. The van der Waals surface area contributed by atoms with Gasteiger partial charge in [0.05, 0.1) is 16.6 Å². The zero-order valence-electron chi connectivity index (χ0n) is 22.3. The molecule has 4 nitrogen and oxygen atoms in total. The minimum Gasteiger partial charge on any atom is -0.456 e. The fourth-order valence-corrected chi connectivity index (χ4v) is 6.22. The number of furan rings is 1. The van der Waals surface area contributed by atoms with Gasteiger partial charge in [0.1, 0.15) is 16.9 Å². The van der Waals surface area contributed by atoms with Gasteiger partial charge in [0.15, 0.2) is 6.54 Å². The fourth-order valence-electron chi connectivity index (χ4n) is 6.22. The lowest BCUT2D eigenvalue weighted by atomic mass is 10.1. The van der Waals surface area contributed by atoms with Crippen LogP contribution in [0, 0.1) is 0 Å². The predicted octanol–water partition coefficient (Wildman–Crippen LogP) is 8.72. The average molecular weight is 519 g/mol. The van der Waals surface area contributed by atoms with Crippen molar-refractivity contribution in [3.8, 4) is 0 Å². The van der Waals surface area contributed by atoms with Crippen molar-refractivity contribution in [2.24, 2.45) is 4.99 Å². The summed E-state index contributed by atoms with van der Waals surface area (Å²) < 4.78 is 11.2. The molecule has 5 aromatic carbocycles. The van der Waals surface area contributed by atoms with Crippen molar-refractivity contribution in [3.05, 3.63) is 132 Å². The van der Waals surface area contributed by atoms with E-state index in [0.29, 0.717) is 6.54 Å². The number of rotatable bonds is 5. The highest BCUT2D eigenvalue weighted by atomic mass is 16.3. The van der Waals surface area contributed by atoms with E-state index in [0.717, 1.165) is 39.8 Å². The molecule has 0 spiro atoms. The molecular weight excluding hydrogens is 490 g/mol. The molecule has 3 heterocycles. The third-order valence-corrected chi connectivity index (χ3v) is 8.11. The van der Waals surface area contributed by atoms with Crippen LogP contribution in [0.4, 0.5) is 0 Å². The third kappa shape index (κ3) is 3.53. The maximum atomic E-state index is 6.34. The van der Waals surface area contributed by atoms with Gasteiger partial charge in [-0.05, 0) is 35.9 Å². The molecule has 1 atom stereocenters. The first-order valence-corrected chi connectivity index (χ1v) is 13.9. The van der Waals surface area contributed by atoms with Gasteiger partial charge in [0, 0.05) is 34.0 Å². The first-order valence-electron chi connectivity index (χ1n) is 13.9. The molecule has 40 heavy (non-hydrogen) atoms. The van der Waals surface area contributed by atoms with Gasteiger partial charge in [0.2, 0.25) is 6.17 Å². The van der Waals surface area contributed by atoms with Crippen LogP contribution in [0.15, 0.2) is 131 Å². The fraction of sp³-hybridized carbons (Fsp3) is 0.111. The highest BCUT2D eigenvalue weighted by Crippen LogP contribution is 2.41. The molecule has 0 fully saturated rings. The van der Waals surface area contributed by atoms with Crippen LogP contribution in [-0.2, 0) is 6.54 Å². The first kappa shape index (κ1) is 23.0. The summed E-state index contributed by atoms with van der Waals surface area (Å²) in [7, 11) is 0. The van der Waals surface area contributed by atoms with Crippen molar-refractivity contribution >= 4 is 55.3 Å². The van der Waals surface area contributed by atoms with E-state index in [2.05, 4.69) is 125 Å². The quantitative estimate of drug-likeness (QED) is 0.127. The Morgan fingerprint density at radius 3 is 2.20 bits per heavy atom. The Morgan fingerprint density at radius 1 is 0.700 bits per heavy atom. The summed E-state index contributed by atoms with van der Waals surface area (Å²) in [5.41, 5.74) is 7.95. The summed E-state index contributed by atoms with van der Waals surface area (Å²) >= 11 is 0. The largest absolute Gasteiger partial charge is 0.456 e. The molecule has 0 radical (unpaired) electrons. The Bertz CT molecular complexity index is 2110. The maximum Gasteiger partial charge on any atom is 0.327 e. The van der Waals surface area contributed by atoms with Gasteiger partial charge < -0.3 is 4.42 Å². The number of fused-ring (bicyclic) bond motifs is 6. The molecule has 0 N–H and O–H groups in total. The summed E-state index contributed by atoms with van der Waals surface area (Å²) in [4.78, 5) is 5.21. The van der Waals surface area contributed by atoms with Gasteiger partial charge in [0.25, 0.3) is 0 Å². The molecule has 1 aliphatic heterocycles. The number of hydrogen-bond acceptors (Lipinski definition) is 2. The lowest BCUT2D eigenvalue weighted by Crippen LogP contribution is -2.15. The molecule has 2 aromatic heterocycles. The molecule has 1 unspecified atom stereocenters. The minimum atomic E-state index is 0.0870. The summed E-state index contributed by atoms with van der Waals surface area (Å²) in [6.07, 6.45) is 1.03. The minimum absolute atomic E-state index is 0.0870. The summed E-state index contributed by atoms with van der Waals surface area (Å²) in [6, 6.07) is 42.7. The number of aromatic nitrogens is 1. The normalized spacial score (nSPS) is 15.6. The van der Waals surface area contributed by atoms with Crippen LogP contribution in [0.1, 0.15) is 30.6 Å². The van der Waals surface area contributed by atoms with E-state index in [4.69, 9.17) is 9.41 Å². The van der Waals surface area contributed by atoms with Crippen LogP contribution >= 0.6 is 0 Å². The Balaban J connectivity index is 1.33. The summed E-state index contributed by atoms with van der Waals surface area (Å²) in [6.45, 7) is 2.88. The third-order valence-electron chi connectivity index (χ3n) is 8.11. The second kappa shape index (κ2) is 9.06. The van der Waals surface area contributed by atoms with Gasteiger partial charge >= 0.3 is 5.84 Å². The number of para-hydroxylation sites is 2. The molecule has 192 valence electrons. The zero-order chi connectivity index (χ0) is 26.6. The van der Waals surface area contributed by atoms with E-state index in [1.807, 2.05) is 12.1 Å². The van der Waals surface area contributed by atoms with Crippen LogP contribution in [0.5, 0.6) is 0 Å². The van der Waals surface area contributed by atoms with Gasteiger partial charge in [-0.1, -0.05) is 96.8 Å². The summed E-state index contributed by atoms with van der Waals surface area (Å²) in [5, 5.41) is 4.83. The highest BCUT2D eigenvalue weighted by molar-refractivity contribution is 6.17. The molecule has 0 amide bonds. The van der Waals surface area contributed by atoms with Crippen molar-refractivity contribution in [2.45, 2.75) is 26.1 Å². The standard InChI is InChI=1S/C36H28N3O/c1-2-30-36(39(30)35(25-15-7-4-8-16-25)37-23-24-13-5-3-6-14-24)38-31-19-11-9-17-26(31)28-21-29-27-18-10-12-20-33(27)40-34(29)22-32(28)38/h3-22,36H,2,23H2,1H3/q+1. The molecule has 0 bridgehead atoms. The first-order chi connectivity index (χ1) is 19.8. The molecule has 4 heteroatoms. The Kier molecular flexibility index (Phi) is 5.20. The monoisotopic (exact) mass is 518 g/mol. The van der Waals surface area contributed by atoms with Crippen molar-refractivity contribution in [1.29, 1.82) is 0 Å². The maximum absolute atomic E-state index is 6.34. The molecule has 0 aliphatic carbocycles. The molecule has 0 saturated carbocycles. The predicted molar refractivity (Wildman–Crippen MR) is 164 cm³/mol. The highest BCUT2D eigenvalue weighted by Gasteiger charge is 2.48. The Morgan fingerprint density at radius 2 is 1.40 bits per heavy atom. The number of aliphatic imine (C=N–C) groups is 1. The summed E-state index contributed by atoms with van der Waals surface area (Å²) in [5.74, 6) is 1.02. The smallest absolute Gasteiger partial charge is 0.327 e. The Hall–Kier alpha value is -4.96. The zero-order valence-corrected chi connectivity index (χ0v) is 22.3. The van der Waals surface area contributed by atoms with E-state index in [1.54, 1.807) is 0 Å². The van der Waals surface area contributed by atoms with Crippen molar-refractivity contribution in [1.82, 2.24) is 4.57 Å². The Labute approximate surface area is 232 Å². The SMILES string of the molecule is CCC1=[N+](C(=NCc2ccccc2)c2ccccc2)C1n1c2ccccc2c2cc3c(cc21)oc1ccccc13. The van der Waals surface area contributed by atoms with Crippen LogP contribution in [0.3, 0.4) is 0 Å². The topological polar surface area (TPSA) is 33.4 Å². The van der Waals surface area contributed by atoms with Gasteiger partial charge in [-0.15, -0.1) is 0 Å². The second-order valence-corrected chi connectivity index (χ2v) is 10.4. The van der Waals surface area contributed by atoms with Crippen molar-refractivity contribution in [3.63, 3.8) is 0 Å². The van der Waals surface area contributed by atoms with Gasteiger partial charge in [-0.3, -0.25) is 4.57 Å². The van der Waals surface area contributed by atoms with Crippen LogP contribution in [0.25, 0.3) is 43.7 Å². The lowest BCUT2D eigenvalue weighted by Gasteiger charge is -2.06.